The van der Waals surface area contributed by atoms with Gasteiger partial charge >= 0.3 is 11.8 Å². The molecule has 0 saturated heterocycles. The Kier molecular flexibility index (Phi) is 5.46. The van der Waals surface area contributed by atoms with Gasteiger partial charge in [0.05, 0.1) is 22.4 Å². The van der Waals surface area contributed by atoms with Crippen molar-refractivity contribution in [2.75, 3.05) is 5.32 Å². The minimum atomic E-state index is -0.939. The Hall–Kier alpha value is -2.96. The maximum atomic E-state index is 11.9. The van der Waals surface area contributed by atoms with E-state index in [9.17, 15) is 9.59 Å². The molecule has 6 nitrogen and oxygen atoms in total. The molecule has 0 aliphatic heterocycles. The molecule has 26 heavy (non-hydrogen) atoms. The molecule has 0 fully saturated rings. The fourth-order valence-corrected chi connectivity index (χ4v) is 2.53. The van der Waals surface area contributed by atoms with E-state index in [0.717, 1.165) is 10.9 Å². The van der Waals surface area contributed by atoms with Crippen LogP contribution in [-0.4, -0.2) is 23.0 Å². The number of para-hydroxylation sites is 2. The fraction of sp³-hybridized carbons (Fsp3) is 0. The molecule has 0 aliphatic rings. The first-order chi connectivity index (χ1) is 12.5. The van der Waals surface area contributed by atoms with Crippen LogP contribution in [0.5, 0.6) is 0 Å². The molecule has 2 N–H and O–H groups in total. The van der Waals surface area contributed by atoms with Crippen LogP contribution in [-0.2, 0) is 9.59 Å². The Morgan fingerprint density at radius 2 is 1.73 bits per heavy atom. The molecule has 0 aliphatic carbocycles. The van der Waals surface area contributed by atoms with E-state index in [1.54, 1.807) is 30.3 Å². The zero-order valence-electron chi connectivity index (χ0n) is 13.2. The zero-order chi connectivity index (χ0) is 18.5. The Morgan fingerprint density at radius 1 is 1.00 bits per heavy atom. The lowest BCUT2D eigenvalue weighted by Gasteiger charge is -2.05. The van der Waals surface area contributed by atoms with Gasteiger partial charge in [0, 0.05) is 10.9 Å². The van der Waals surface area contributed by atoms with Gasteiger partial charge in [0.1, 0.15) is 5.15 Å². The highest BCUT2D eigenvalue weighted by Gasteiger charge is 2.14. The van der Waals surface area contributed by atoms with Crippen molar-refractivity contribution in [3.05, 3.63) is 70.3 Å². The summed E-state index contributed by atoms with van der Waals surface area (Å²) < 4.78 is 0. The number of anilines is 1. The van der Waals surface area contributed by atoms with E-state index in [0.29, 0.717) is 16.3 Å². The van der Waals surface area contributed by atoms with E-state index < -0.39 is 11.8 Å². The second-order valence-corrected chi connectivity index (χ2v) is 5.96. The average Bonchev–Trinajstić information content (AvgIpc) is 2.63. The number of carbonyl (C=O) groups is 2. The predicted molar refractivity (Wildman–Crippen MR) is 103 cm³/mol. The molecule has 2 amide bonds. The second kappa shape index (κ2) is 7.95. The van der Waals surface area contributed by atoms with E-state index in [1.165, 1.54) is 6.21 Å². The van der Waals surface area contributed by atoms with Gasteiger partial charge in [0.15, 0.2) is 0 Å². The summed E-state index contributed by atoms with van der Waals surface area (Å²) in [7, 11) is 0. The van der Waals surface area contributed by atoms with Crippen molar-refractivity contribution in [2.45, 2.75) is 0 Å². The molecule has 0 bridgehead atoms. The van der Waals surface area contributed by atoms with Crippen molar-refractivity contribution in [3.63, 3.8) is 0 Å². The monoisotopic (exact) mass is 386 g/mol. The third-order valence-electron chi connectivity index (χ3n) is 3.40. The predicted octanol–water partition coefficient (Wildman–Crippen LogP) is 3.63. The fourth-order valence-electron chi connectivity index (χ4n) is 2.15. The molecule has 3 rings (SSSR count). The first-order valence-electron chi connectivity index (χ1n) is 7.49. The lowest BCUT2D eigenvalue weighted by molar-refractivity contribution is -0.136. The molecule has 2 aromatic carbocycles. The third-order valence-corrected chi connectivity index (χ3v) is 4.03. The number of rotatable bonds is 3. The van der Waals surface area contributed by atoms with Crippen molar-refractivity contribution < 1.29 is 9.59 Å². The van der Waals surface area contributed by atoms with Crippen molar-refractivity contribution in [3.8, 4) is 0 Å². The van der Waals surface area contributed by atoms with Gasteiger partial charge in [0.25, 0.3) is 0 Å². The van der Waals surface area contributed by atoms with Gasteiger partial charge in [-0.15, -0.1) is 0 Å². The molecule has 0 spiro atoms. The van der Waals surface area contributed by atoms with Crippen LogP contribution in [0.1, 0.15) is 5.56 Å². The van der Waals surface area contributed by atoms with Gasteiger partial charge in [-0.3, -0.25) is 9.59 Å². The summed E-state index contributed by atoms with van der Waals surface area (Å²) in [5.41, 5.74) is 3.73. The van der Waals surface area contributed by atoms with Crippen LogP contribution in [0.4, 0.5) is 5.69 Å². The molecule has 0 atom stereocenters. The Labute approximate surface area is 158 Å². The molecule has 8 heteroatoms. The third kappa shape index (κ3) is 4.17. The number of fused-ring (bicyclic) bond motifs is 1. The van der Waals surface area contributed by atoms with Crippen LogP contribution in [0.25, 0.3) is 10.9 Å². The lowest BCUT2D eigenvalue weighted by Crippen LogP contribution is -2.32. The number of halogens is 2. The summed E-state index contributed by atoms with van der Waals surface area (Å²) in [6.07, 6.45) is 1.32. The van der Waals surface area contributed by atoms with Gasteiger partial charge in [-0.1, -0.05) is 53.5 Å². The summed E-state index contributed by atoms with van der Waals surface area (Å²) in [5, 5.41) is 7.59. The molecule has 130 valence electrons. The van der Waals surface area contributed by atoms with E-state index in [4.69, 9.17) is 23.2 Å². The van der Waals surface area contributed by atoms with E-state index in [2.05, 4.69) is 20.8 Å². The Balaban J connectivity index is 1.66. The van der Waals surface area contributed by atoms with Crippen LogP contribution < -0.4 is 10.7 Å². The number of pyridine rings is 1. The number of benzene rings is 2. The highest BCUT2D eigenvalue weighted by atomic mass is 35.5. The molecule has 1 aromatic heterocycles. The van der Waals surface area contributed by atoms with E-state index in [1.807, 2.05) is 24.3 Å². The highest BCUT2D eigenvalue weighted by Crippen LogP contribution is 2.20. The van der Waals surface area contributed by atoms with Crippen molar-refractivity contribution >= 4 is 57.8 Å². The minimum Gasteiger partial charge on any atom is -0.316 e. The van der Waals surface area contributed by atoms with Crippen LogP contribution in [0.2, 0.25) is 10.2 Å². The summed E-state index contributed by atoms with van der Waals surface area (Å²) in [5.74, 6) is -1.83. The van der Waals surface area contributed by atoms with Crippen molar-refractivity contribution in [2.24, 2.45) is 5.10 Å². The number of nitrogens with zero attached hydrogens (tertiary/aromatic N) is 2. The minimum absolute atomic E-state index is 0.238. The number of amides is 2. The maximum absolute atomic E-state index is 11.9. The number of aromatic nitrogens is 1. The second-order valence-electron chi connectivity index (χ2n) is 5.19. The maximum Gasteiger partial charge on any atom is 0.329 e. The molecule has 0 unspecified atom stereocenters. The van der Waals surface area contributed by atoms with Crippen LogP contribution in [0, 0.1) is 0 Å². The molecule has 0 saturated carbocycles. The first-order valence-corrected chi connectivity index (χ1v) is 8.24. The Morgan fingerprint density at radius 3 is 2.54 bits per heavy atom. The smallest absolute Gasteiger partial charge is 0.316 e. The summed E-state index contributed by atoms with van der Waals surface area (Å²) in [4.78, 5) is 27.9. The standard InChI is InChI=1S/C18H12Cl2N4O2/c19-13-6-2-4-8-15(13)23-17(25)18(26)24-21-10-12-9-11-5-1-3-7-14(11)22-16(12)20/h1-10H,(H,23,25)(H,24,26)/b21-10-. The molecular formula is C18H12Cl2N4O2. The number of nitrogens with one attached hydrogen (secondary N) is 2. The Bertz CT molecular complexity index is 1020. The molecular weight excluding hydrogens is 375 g/mol. The lowest BCUT2D eigenvalue weighted by atomic mass is 10.2. The largest absolute Gasteiger partial charge is 0.329 e. The average molecular weight is 387 g/mol. The van der Waals surface area contributed by atoms with Crippen LogP contribution in [0.15, 0.2) is 59.7 Å². The summed E-state index contributed by atoms with van der Waals surface area (Å²) in [6, 6.07) is 15.8. The number of carbonyl (C=O) groups excluding carboxylic acids is 2. The van der Waals surface area contributed by atoms with Gasteiger partial charge in [-0.25, -0.2) is 10.4 Å². The number of hydrogen-bond donors (Lipinski definition) is 2. The quantitative estimate of drug-likeness (QED) is 0.312. The molecule has 3 aromatic rings. The molecule has 1 heterocycles. The van der Waals surface area contributed by atoms with E-state index >= 15 is 0 Å². The normalized spacial score (nSPS) is 10.8. The number of hydrazone groups is 1. The summed E-state index contributed by atoms with van der Waals surface area (Å²) >= 11 is 12.0. The highest BCUT2D eigenvalue weighted by molar-refractivity contribution is 6.41. The van der Waals surface area contributed by atoms with Gasteiger partial charge in [0.2, 0.25) is 0 Å². The summed E-state index contributed by atoms with van der Waals surface area (Å²) in [6.45, 7) is 0. The van der Waals surface area contributed by atoms with Gasteiger partial charge in [-0.2, -0.15) is 5.10 Å². The SMILES string of the molecule is O=C(N/N=C\c1cc2ccccc2nc1Cl)C(=O)Nc1ccccc1Cl. The molecule has 0 radical (unpaired) electrons. The van der Waals surface area contributed by atoms with Gasteiger partial charge in [-0.05, 0) is 24.3 Å². The topological polar surface area (TPSA) is 83.5 Å². The van der Waals surface area contributed by atoms with Gasteiger partial charge < -0.3 is 5.32 Å². The van der Waals surface area contributed by atoms with Crippen molar-refractivity contribution in [1.82, 2.24) is 10.4 Å². The van der Waals surface area contributed by atoms with Crippen LogP contribution in [0.3, 0.4) is 0 Å². The van der Waals surface area contributed by atoms with Crippen molar-refractivity contribution in [1.29, 1.82) is 0 Å². The number of hydrogen-bond acceptors (Lipinski definition) is 4. The first kappa shape index (κ1) is 17.8. The zero-order valence-corrected chi connectivity index (χ0v) is 14.8. The van der Waals surface area contributed by atoms with E-state index in [-0.39, 0.29) is 5.15 Å². The van der Waals surface area contributed by atoms with Crippen LogP contribution >= 0.6 is 23.2 Å².